The average Bonchev–Trinajstić information content (AvgIpc) is 2.73. The Bertz CT molecular complexity index is 892. The molecule has 2 atom stereocenters. The molecule has 1 aromatic heterocycles. The van der Waals surface area contributed by atoms with Crippen molar-refractivity contribution >= 4 is 5.91 Å². The fourth-order valence-electron chi connectivity index (χ4n) is 3.77. The Kier molecular flexibility index (Phi) is 7.33. The molecule has 2 aromatic rings. The first kappa shape index (κ1) is 23.2. The first-order chi connectivity index (χ1) is 14.6. The standard InChI is InChI=1S/C23H28F3N3O2/c1-15-12-18(13-20(27-15)17-6-8-19(9-7-17)23(24,25)26)22(31)28-21(16(2)30)14-29-10-4-3-5-11-29/h6-9,12-13,16,21,30H,3-5,10-11,14H2,1-2H3,(H,28,31)/t16-,21?/m1/s1. The first-order valence-electron chi connectivity index (χ1n) is 10.5. The molecule has 5 nitrogen and oxygen atoms in total. The van der Waals surface area contributed by atoms with Gasteiger partial charge < -0.3 is 15.3 Å². The third kappa shape index (κ3) is 6.27. The summed E-state index contributed by atoms with van der Waals surface area (Å²) in [5.74, 6) is -0.346. The molecule has 31 heavy (non-hydrogen) atoms. The predicted molar refractivity (Wildman–Crippen MR) is 113 cm³/mol. The number of piperidine rings is 1. The number of pyridine rings is 1. The summed E-state index contributed by atoms with van der Waals surface area (Å²) in [5, 5.41) is 13.1. The zero-order valence-corrected chi connectivity index (χ0v) is 17.7. The van der Waals surface area contributed by atoms with Crippen LogP contribution in [0.2, 0.25) is 0 Å². The molecule has 0 radical (unpaired) electrons. The minimum absolute atomic E-state index is 0.346. The highest BCUT2D eigenvalue weighted by Crippen LogP contribution is 2.30. The molecule has 1 fully saturated rings. The number of aromatic nitrogens is 1. The lowest BCUT2D eigenvalue weighted by molar-refractivity contribution is -0.137. The number of benzene rings is 1. The number of hydrogen-bond acceptors (Lipinski definition) is 4. The van der Waals surface area contributed by atoms with E-state index in [-0.39, 0.29) is 5.91 Å². The van der Waals surface area contributed by atoms with Crippen LogP contribution in [0.1, 0.15) is 47.8 Å². The number of carbonyl (C=O) groups is 1. The number of aliphatic hydroxyl groups is 1. The minimum atomic E-state index is -4.41. The van der Waals surface area contributed by atoms with Crippen LogP contribution in [0.5, 0.6) is 0 Å². The SMILES string of the molecule is Cc1cc(C(=O)NC(CN2CCCCC2)[C@@H](C)O)cc(-c2ccc(C(F)(F)F)cc2)n1. The zero-order chi connectivity index (χ0) is 22.6. The fourth-order valence-corrected chi connectivity index (χ4v) is 3.77. The van der Waals surface area contributed by atoms with Gasteiger partial charge in [-0.15, -0.1) is 0 Å². The second-order valence-corrected chi connectivity index (χ2v) is 8.14. The molecule has 0 spiro atoms. The molecule has 168 valence electrons. The van der Waals surface area contributed by atoms with Gasteiger partial charge in [0, 0.05) is 23.4 Å². The van der Waals surface area contributed by atoms with E-state index in [1.54, 1.807) is 26.0 Å². The van der Waals surface area contributed by atoms with Crippen molar-refractivity contribution in [2.24, 2.45) is 0 Å². The van der Waals surface area contributed by atoms with Gasteiger partial charge in [0.15, 0.2) is 0 Å². The number of likely N-dealkylation sites (tertiary alicyclic amines) is 1. The van der Waals surface area contributed by atoms with Crippen molar-refractivity contribution in [2.75, 3.05) is 19.6 Å². The Balaban J connectivity index is 1.77. The second kappa shape index (κ2) is 9.78. The van der Waals surface area contributed by atoms with Gasteiger partial charge in [0.05, 0.1) is 23.4 Å². The summed E-state index contributed by atoms with van der Waals surface area (Å²) in [7, 11) is 0. The Hall–Kier alpha value is -2.45. The van der Waals surface area contributed by atoms with Crippen LogP contribution in [0.4, 0.5) is 13.2 Å². The van der Waals surface area contributed by atoms with Crippen molar-refractivity contribution in [3.8, 4) is 11.3 Å². The third-order valence-electron chi connectivity index (χ3n) is 5.53. The van der Waals surface area contributed by atoms with E-state index in [1.165, 1.54) is 18.6 Å². The highest BCUT2D eigenvalue weighted by molar-refractivity contribution is 5.95. The first-order valence-corrected chi connectivity index (χ1v) is 10.5. The van der Waals surface area contributed by atoms with Gasteiger partial charge in [0.1, 0.15) is 0 Å². The Labute approximate surface area is 180 Å². The second-order valence-electron chi connectivity index (χ2n) is 8.14. The van der Waals surface area contributed by atoms with E-state index in [2.05, 4.69) is 15.2 Å². The normalized spacial score (nSPS) is 17.2. The van der Waals surface area contributed by atoms with Crippen LogP contribution < -0.4 is 5.32 Å². The fraction of sp³-hybridized carbons (Fsp3) is 0.478. The summed E-state index contributed by atoms with van der Waals surface area (Å²) in [5.41, 5.74) is 1.10. The van der Waals surface area contributed by atoms with Gasteiger partial charge in [-0.2, -0.15) is 13.2 Å². The van der Waals surface area contributed by atoms with Gasteiger partial charge in [0.25, 0.3) is 5.91 Å². The van der Waals surface area contributed by atoms with Crippen molar-refractivity contribution in [2.45, 2.75) is 51.4 Å². The van der Waals surface area contributed by atoms with Crippen LogP contribution in [-0.2, 0) is 6.18 Å². The Morgan fingerprint density at radius 3 is 2.39 bits per heavy atom. The number of hydrogen-bond donors (Lipinski definition) is 2. The lowest BCUT2D eigenvalue weighted by Crippen LogP contribution is -2.50. The smallest absolute Gasteiger partial charge is 0.391 e. The quantitative estimate of drug-likeness (QED) is 0.719. The van der Waals surface area contributed by atoms with Gasteiger partial charge in [-0.1, -0.05) is 18.6 Å². The monoisotopic (exact) mass is 435 g/mol. The van der Waals surface area contributed by atoms with E-state index in [0.29, 0.717) is 29.1 Å². The average molecular weight is 435 g/mol. The van der Waals surface area contributed by atoms with E-state index < -0.39 is 23.9 Å². The number of rotatable bonds is 6. The van der Waals surface area contributed by atoms with Gasteiger partial charge >= 0.3 is 6.18 Å². The molecular weight excluding hydrogens is 407 g/mol. The van der Waals surface area contributed by atoms with Gasteiger partial charge in [-0.25, -0.2) is 0 Å². The molecule has 3 rings (SSSR count). The lowest BCUT2D eigenvalue weighted by Gasteiger charge is -2.32. The van der Waals surface area contributed by atoms with E-state index in [0.717, 1.165) is 38.1 Å². The summed E-state index contributed by atoms with van der Waals surface area (Å²) in [4.78, 5) is 19.5. The largest absolute Gasteiger partial charge is 0.416 e. The maximum Gasteiger partial charge on any atom is 0.416 e. The lowest BCUT2D eigenvalue weighted by atomic mass is 10.0. The van der Waals surface area contributed by atoms with Crippen molar-refractivity contribution in [3.63, 3.8) is 0 Å². The maximum absolute atomic E-state index is 12.9. The van der Waals surface area contributed by atoms with E-state index in [4.69, 9.17) is 0 Å². The molecule has 0 aliphatic carbocycles. The minimum Gasteiger partial charge on any atom is -0.391 e. The van der Waals surface area contributed by atoms with Gasteiger partial charge in [-0.05, 0) is 64.0 Å². The van der Waals surface area contributed by atoms with Crippen molar-refractivity contribution in [1.29, 1.82) is 0 Å². The van der Waals surface area contributed by atoms with Crippen molar-refractivity contribution in [3.05, 3.63) is 53.2 Å². The number of nitrogens with zero attached hydrogens (tertiary/aromatic N) is 2. The number of carbonyl (C=O) groups excluding carboxylic acids is 1. The molecule has 1 aliphatic heterocycles. The summed E-state index contributed by atoms with van der Waals surface area (Å²) in [6.45, 7) is 5.85. The number of alkyl halides is 3. The molecule has 2 N–H and O–H groups in total. The molecule has 1 unspecified atom stereocenters. The van der Waals surface area contributed by atoms with Gasteiger partial charge in [0.2, 0.25) is 0 Å². The van der Waals surface area contributed by atoms with E-state index in [9.17, 15) is 23.1 Å². The van der Waals surface area contributed by atoms with Crippen LogP contribution in [0.25, 0.3) is 11.3 Å². The maximum atomic E-state index is 12.9. The van der Waals surface area contributed by atoms with Crippen LogP contribution in [-0.4, -0.2) is 52.7 Å². The molecular formula is C23H28F3N3O2. The van der Waals surface area contributed by atoms with Crippen LogP contribution in [0, 0.1) is 6.92 Å². The summed E-state index contributed by atoms with van der Waals surface area (Å²) in [6.07, 6.45) is -1.71. The number of nitrogens with one attached hydrogen (secondary N) is 1. The topological polar surface area (TPSA) is 65.5 Å². The molecule has 8 heteroatoms. The molecule has 1 amide bonds. The third-order valence-corrected chi connectivity index (χ3v) is 5.53. The summed E-state index contributed by atoms with van der Waals surface area (Å²) < 4.78 is 38.5. The molecule has 1 saturated heterocycles. The van der Waals surface area contributed by atoms with Crippen LogP contribution in [0.15, 0.2) is 36.4 Å². The van der Waals surface area contributed by atoms with E-state index >= 15 is 0 Å². The molecule has 1 aromatic carbocycles. The van der Waals surface area contributed by atoms with Gasteiger partial charge in [-0.3, -0.25) is 9.78 Å². The van der Waals surface area contributed by atoms with E-state index in [1.807, 2.05) is 0 Å². The summed E-state index contributed by atoms with van der Waals surface area (Å²) in [6, 6.07) is 7.46. The molecule has 1 aliphatic rings. The Morgan fingerprint density at radius 2 is 1.81 bits per heavy atom. The molecule has 2 heterocycles. The Morgan fingerprint density at radius 1 is 1.16 bits per heavy atom. The van der Waals surface area contributed by atoms with Crippen molar-refractivity contribution < 1.29 is 23.1 Å². The molecule has 0 bridgehead atoms. The number of amides is 1. The predicted octanol–water partition coefficient (Wildman–Crippen LogP) is 4.04. The number of halogens is 3. The number of aryl methyl sites for hydroxylation is 1. The number of aliphatic hydroxyl groups excluding tert-OH is 1. The molecule has 0 saturated carbocycles. The van der Waals surface area contributed by atoms with Crippen molar-refractivity contribution in [1.82, 2.24) is 15.2 Å². The summed E-state index contributed by atoms with van der Waals surface area (Å²) >= 11 is 0. The highest BCUT2D eigenvalue weighted by atomic mass is 19.4. The van der Waals surface area contributed by atoms with Crippen LogP contribution >= 0.6 is 0 Å². The zero-order valence-electron chi connectivity index (χ0n) is 17.7. The van der Waals surface area contributed by atoms with Crippen LogP contribution in [0.3, 0.4) is 0 Å². The highest BCUT2D eigenvalue weighted by Gasteiger charge is 2.30.